The third-order valence-electron chi connectivity index (χ3n) is 3.65. The van der Waals surface area contributed by atoms with Crippen LogP contribution in [-0.4, -0.2) is 53.6 Å². The van der Waals surface area contributed by atoms with Crippen molar-refractivity contribution in [1.82, 2.24) is 9.62 Å². The molecule has 130 valence electrons. The van der Waals surface area contributed by atoms with Gasteiger partial charge in [-0.2, -0.15) is 4.31 Å². The number of halogens is 1. The number of sulfonamides is 2. The van der Waals surface area contributed by atoms with E-state index in [9.17, 15) is 21.2 Å². The Balaban J connectivity index is 2.29. The molecule has 0 amide bonds. The number of benzene rings is 1. The van der Waals surface area contributed by atoms with Gasteiger partial charge in [0.25, 0.3) is 0 Å². The Labute approximate surface area is 136 Å². The maximum atomic E-state index is 14.2. The monoisotopic (exact) mass is 365 g/mol. The van der Waals surface area contributed by atoms with E-state index in [1.54, 1.807) is 7.05 Å². The average molecular weight is 365 g/mol. The number of piperidine rings is 1. The van der Waals surface area contributed by atoms with Crippen molar-refractivity contribution in [2.75, 3.05) is 31.1 Å². The molecule has 23 heavy (non-hydrogen) atoms. The molecule has 0 radical (unpaired) electrons. The second kappa shape index (κ2) is 6.71. The molecule has 0 aliphatic carbocycles. The van der Waals surface area contributed by atoms with Crippen LogP contribution < -0.4 is 10.0 Å². The van der Waals surface area contributed by atoms with Gasteiger partial charge in [0.05, 0.1) is 11.9 Å². The number of nitrogens with one attached hydrogen (secondary N) is 2. The highest BCUT2D eigenvalue weighted by molar-refractivity contribution is 7.92. The molecule has 1 aliphatic rings. The molecular weight excluding hydrogens is 345 g/mol. The van der Waals surface area contributed by atoms with Gasteiger partial charge in [-0.25, -0.2) is 21.2 Å². The van der Waals surface area contributed by atoms with Crippen molar-refractivity contribution in [3.05, 3.63) is 24.0 Å². The Morgan fingerprint density at radius 3 is 2.52 bits per heavy atom. The molecule has 1 aromatic rings. The summed E-state index contributed by atoms with van der Waals surface area (Å²) >= 11 is 0. The summed E-state index contributed by atoms with van der Waals surface area (Å²) in [5.41, 5.74) is -0.0179. The third-order valence-corrected chi connectivity index (χ3v) is 6.15. The molecule has 2 N–H and O–H groups in total. The lowest BCUT2D eigenvalue weighted by atomic mass is 10.1. The summed E-state index contributed by atoms with van der Waals surface area (Å²) in [6.45, 7) is 0.616. The number of anilines is 1. The van der Waals surface area contributed by atoms with Crippen LogP contribution in [0.5, 0.6) is 0 Å². The summed E-state index contributed by atoms with van der Waals surface area (Å²) in [6, 6.07) is 3.22. The van der Waals surface area contributed by atoms with E-state index in [1.165, 1.54) is 10.4 Å². The topological polar surface area (TPSA) is 95.6 Å². The van der Waals surface area contributed by atoms with Crippen molar-refractivity contribution in [2.24, 2.45) is 0 Å². The van der Waals surface area contributed by atoms with Gasteiger partial charge in [-0.3, -0.25) is 4.72 Å². The number of hydrogen-bond acceptors (Lipinski definition) is 5. The smallest absolute Gasteiger partial charge is 0.246 e. The lowest BCUT2D eigenvalue weighted by molar-refractivity contribution is 0.292. The minimum atomic E-state index is -3.96. The second-order valence-corrected chi connectivity index (χ2v) is 9.17. The van der Waals surface area contributed by atoms with Crippen LogP contribution in [-0.2, 0) is 20.0 Å². The van der Waals surface area contributed by atoms with Gasteiger partial charge in [-0.15, -0.1) is 0 Å². The SMILES string of the molecule is CNC1CCCN(S(=O)(=O)c2ccc(NS(C)(=O)=O)cc2F)C1. The summed E-state index contributed by atoms with van der Waals surface area (Å²) in [4.78, 5) is -0.451. The molecule has 0 spiro atoms. The van der Waals surface area contributed by atoms with Crippen LogP contribution in [0, 0.1) is 5.82 Å². The van der Waals surface area contributed by atoms with E-state index >= 15 is 0 Å². The van der Waals surface area contributed by atoms with Crippen LogP contribution in [0.15, 0.2) is 23.1 Å². The zero-order chi connectivity index (χ0) is 17.3. The molecule has 1 saturated heterocycles. The van der Waals surface area contributed by atoms with Gasteiger partial charge in [0, 0.05) is 19.1 Å². The second-order valence-electron chi connectivity index (χ2n) is 5.51. The first-order valence-corrected chi connectivity index (χ1v) is 10.4. The van der Waals surface area contributed by atoms with E-state index in [-0.39, 0.29) is 18.3 Å². The highest BCUT2D eigenvalue weighted by Crippen LogP contribution is 2.25. The molecule has 1 aromatic carbocycles. The van der Waals surface area contributed by atoms with Gasteiger partial charge in [0.1, 0.15) is 10.7 Å². The predicted molar refractivity (Wildman–Crippen MR) is 85.7 cm³/mol. The molecule has 10 heteroatoms. The molecular formula is C13H20FN3O4S2. The van der Waals surface area contributed by atoms with Crippen molar-refractivity contribution in [3.63, 3.8) is 0 Å². The van der Waals surface area contributed by atoms with Crippen LogP contribution in [0.3, 0.4) is 0 Å². The van der Waals surface area contributed by atoms with E-state index in [1.807, 2.05) is 0 Å². The van der Waals surface area contributed by atoms with Crippen LogP contribution in [0.4, 0.5) is 10.1 Å². The number of nitrogens with zero attached hydrogens (tertiary/aromatic N) is 1. The van der Waals surface area contributed by atoms with Crippen molar-refractivity contribution < 1.29 is 21.2 Å². The standard InChI is InChI=1S/C13H20FN3O4S2/c1-15-11-4-3-7-17(9-11)23(20,21)13-6-5-10(8-12(13)14)16-22(2,18)19/h5-6,8,11,15-16H,3-4,7,9H2,1-2H3. The molecule has 1 atom stereocenters. The normalized spacial score (nSPS) is 20.4. The van der Waals surface area contributed by atoms with E-state index < -0.39 is 30.8 Å². The lowest BCUT2D eigenvalue weighted by Gasteiger charge is -2.31. The fourth-order valence-corrected chi connectivity index (χ4v) is 4.65. The van der Waals surface area contributed by atoms with Gasteiger partial charge < -0.3 is 5.32 Å². The van der Waals surface area contributed by atoms with E-state index in [0.717, 1.165) is 24.8 Å². The zero-order valence-corrected chi connectivity index (χ0v) is 14.5. The van der Waals surface area contributed by atoms with Gasteiger partial charge in [0.2, 0.25) is 20.0 Å². The maximum absolute atomic E-state index is 14.2. The zero-order valence-electron chi connectivity index (χ0n) is 12.9. The van der Waals surface area contributed by atoms with Gasteiger partial charge >= 0.3 is 0 Å². The molecule has 1 unspecified atom stereocenters. The molecule has 2 rings (SSSR count). The first kappa shape index (κ1) is 18.1. The summed E-state index contributed by atoms with van der Waals surface area (Å²) in [5.74, 6) is -0.981. The first-order chi connectivity index (χ1) is 10.6. The molecule has 0 saturated carbocycles. The first-order valence-electron chi connectivity index (χ1n) is 7.08. The lowest BCUT2D eigenvalue weighted by Crippen LogP contribution is -2.47. The van der Waals surface area contributed by atoms with E-state index in [2.05, 4.69) is 10.0 Å². The van der Waals surface area contributed by atoms with E-state index in [0.29, 0.717) is 13.0 Å². The predicted octanol–water partition coefficient (Wildman–Crippen LogP) is 0.570. The number of hydrogen-bond donors (Lipinski definition) is 2. The molecule has 1 fully saturated rings. The van der Waals surface area contributed by atoms with Crippen LogP contribution >= 0.6 is 0 Å². The maximum Gasteiger partial charge on any atom is 0.246 e. The average Bonchev–Trinajstić information content (AvgIpc) is 2.45. The van der Waals surface area contributed by atoms with Crippen LogP contribution in [0.2, 0.25) is 0 Å². The molecule has 7 nitrogen and oxygen atoms in total. The fourth-order valence-electron chi connectivity index (χ4n) is 2.52. The van der Waals surface area contributed by atoms with Gasteiger partial charge in [-0.1, -0.05) is 0 Å². The summed E-state index contributed by atoms with van der Waals surface area (Å²) in [6.07, 6.45) is 2.49. The van der Waals surface area contributed by atoms with Crippen LogP contribution in [0.25, 0.3) is 0 Å². The van der Waals surface area contributed by atoms with Crippen molar-refractivity contribution in [2.45, 2.75) is 23.8 Å². The highest BCUT2D eigenvalue weighted by Gasteiger charge is 2.31. The Morgan fingerprint density at radius 2 is 1.96 bits per heavy atom. The molecule has 0 aromatic heterocycles. The minimum absolute atomic E-state index is 0.0179. The third kappa shape index (κ3) is 4.40. The minimum Gasteiger partial charge on any atom is -0.316 e. The van der Waals surface area contributed by atoms with Crippen molar-refractivity contribution in [3.8, 4) is 0 Å². The Hall–Kier alpha value is -1.23. The summed E-state index contributed by atoms with van der Waals surface area (Å²) in [5, 5.41) is 3.03. The Kier molecular flexibility index (Phi) is 5.29. The fraction of sp³-hybridized carbons (Fsp3) is 0.538. The van der Waals surface area contributed by atoms with Crippen LogP contribution in [0.1, 0.15) is 12.8 Å². The summed E-state index contributed by atoms with van der Waals surface area (Å²) in [7, 11) is -5.76. The molecule has 1 aliphatic heterocycles. The quantitative estimate of drug-likeness (QED) is 0.795. The summed E-state index contributed by atoms with van der Waals surface area (Å²) < 4.78 is 65.0. The van der Waals surface area contributed by atoms with Gasteiger partial charge in [0.15, 0.2) is 0 Å². The number of rotatable bonds is 5. The van der Waals surface area contributed by atoms with Gasteiger partial charge in [-0.05, 0) is 38.1 Å². The number of likely N-dealkylation sites (N-methyl/N-ethyl adjacent to an activating group) is 1. The Bertz CT molecular complexity index is 780. The van der Waals surface area contributed by atoms with Crippen molar-refractivity contribution in [1.29, 1.82) is 0 Å². The van der Waals surface area contributed by atoms with E-state index in [4.69, 9.17) is 0 Å². The largest absolute Gasteiger partial charge is 0.316 e. The molecule has 0 bridgehead atoms. The molecule has 1 heterocycles. The van der Waals surface area contributed by atoms with Crippen molar-refractivity contribution >= 4 is 25.7 Å². The Morgan fingerprint density at radius 1 is 1.26 bits per heavy atom. The highest BCUT2D eigenvalue weighted by atomic mass is 32.2.